The van der Waals surface area contributed by atoms with Gasteiger partial charge in [0.2, 0.25) is 10.0 Å². The average molecular weight is 574 g/mol. The number of nitrogens with zero attached hydrogens (tertiary/aromatic N) is 4. The minimum absolute atomic E-state index is 0.0399. The van der Waals surface area contributed by atoms with Crippen LogP contribution in [0, 0.1) is 0 Å². The van der Waals surface area contributed by atoms with Crippen molar-refractivity contribution in [2.45, 2.75) is 24.3 Å². The molecule has 1 aliphatic rings. The Morgan fingerprint density at radius 2 is 1.75 bits per heavy atom. The molecule has 13 heteroatoms. The van der Waals surface area contributed by atoms with E-state index in [2.05, 4.69) is 15.3 Å². The molecule has 2 aromatic heterocycles. The SMILES string of the molecule is COc1ccc(N2CCC(C)(CNc3ncc(-c4ccc(C(F)(F)F)cc4)c4ncn(C)c(=O)c34)S2(=O)=O)cc1. The van der Waals surface area contributed by atoms with E-state index in [1.807, 2.05) is 0 Å². The second kappa shape index (κ2) is 9.81. The van der Waals surface area contributed by atoms with Crippen LogP contribution >= 0.6 is 0 Å². The Bertz CT molecular complexity index is 1740. The number of nitrogens with one attached hydrogen (secondary N) is 1. The summed E-state index contributed by atoms with van der Waals surface area (Å²) in [7, 11) is -0.756. The minimum Gasteiger partial charge on any atom is -0.497 e. The number of methoxy groups -OCH3 is 1. The number of pyridine rings is 1. The second-order valence-electron chi connectivity index (χ2n) is 9.81. The van der Waals surface area contributed by atoms with Crippen LogP contribution in [0.1, 0.15) is 18.9 Å². The molecule has 1 aliphatic heterocycles. The Morgan fingerprint density at radius 1 is 1.07 bits per heavy atom. The highest BCUT2D eigenvalue weighted by atomic mass is 32.2. The van der Waals surface area contributed by atoms with Crippen molar-refractivity contribution < 1.29 is 26.3 Å². The van der Waals surface area contributed by atoms with Gasteiger partial charge in [-0.05, 0) is 55.3 Å². The molecule has 3 heterocycles. The largest absolute Gasteiger partial charge is 0.497 e. The van der Waals surface area contributed by atoms with Gasteiger partial charge in [-0.15, -0.1) is 0 Å². The van der Waals surface area contributed by atoms with Gasteiger partial charge in [0.15, 0.2) is 0 Å². The summed E-state index contributed by atoms with van der Waals surface area (Å²) in [5, 5.41) is 3.16. The lowest BCUT2D eigenvalue weighted by Gasteiger charge is -2.26. The molecule has 1 unspecified atom stereocenters. The van der Waals surface area contributed by atoms with Gasteiger partial charge in [0.25, 0.3) is 5.56 Å². The van der Waals surface area contributed by atoms with Crippen molar-refractivity contribution in [2.24, 2.45) is 7.05 Å². The monoisotopic (exact) mass is 573 g/mol. The van der Waals surface area contributed by atoms with Crippen molar-refractivity contribution in [1.29, 1.82) is 0 Å². The van der Waals surface area contributed by atoms with Crippen LogP contribution in [-0.4, -0.2) is 47.9 Å². The predicted molar refractivity (Wildman–Crippen MR) is 146 cm³/mol. The number of ether oxygens (including phenoxy) is 1. The first-order valence-electron chi connectivity index (χ1n) is 12.3. The Balaban J connectivity index is 1.48. The molecule has 40 heavy (non-hydrogen) atoms. The summed E-state index contributed by atoms with van der Waals surface area (Å²) in [6.45, 7) is 1.87. The number of aryl methyl sites for hydroxylation is 1. The first-order chi connectivity index (χ1) is 18.9. The molecule has 1 N–H and O–H groups in total. The van der Waals surface area contributed by atoms with Crippen molar-refractivity contribution in [2.75, 3.05) is 29.8 Å². The lowest BCUT2D eigenvalue weighted by molar-refractivity contribution is -0.137. The van der Waals surface area contributed by atoms with Gasteiger partial charge in [0.1, 0.15) is 21.7 Å². The zero-order chi connectivity index (χ0) is 28.9. The van der Waals surface area contributed by atoms with Gasteiger partial charge < -0.3 is 14.6 Å². The molecule has 0 amide bonds. The van der Waals surface area contributed by atoms with Gasteiger partial charge in [-0.1, -0.05) is 12.1 Å². The molecule has 0 spiro atoms. The Kier molecular flexibility index (Phi) is 6.73. The molecule has 1 saturated heterocycles. The molecule has 0 saturated carbocycles. The summed E-state index contributed by atoms with van der Waals surface area (Å²) < 4.78 is 72.9. The number of hydrogen-bond acceptors (Lipinski definition) is 7. The van der Waals surface area contributed by atoms with Crippen LogP contribution in [0.15, 0.2) is 65.8 Å². The number of benzene rings is 2. The van der Waals surface area contributed by atoms with Crippen LogP contribution in [0.4, 0.5) is 24.7 Å². The first kappa shape index (κ1) is 27.4. The maximum atomic E-state index is 13.6. The van der Waals surface area contributed by atoms with Crippen LogP contribution in [0.2, 0.25) is 0 Å². The fraction of sp³-hybridized carbons (Fsp3) is 0.296. The van der Waals surface area contributed by atoms with E-state index < -0.39 is 32.1 Å². The zero-order valence-corrected chi connectivity index (χ0v) is 22.7. The summed E-state index contributed by atoms with van der Waals surface area (Å²) in [5.74, 6) is 0.747. The number of alkyl halides is 3. The molecule has 2 aromatic carbocycles. The molecule has 4 aromatic rings. The molecular formula is C27H26F3N5O4S. The summed E-state index contributed by atoms with van der Waals surface area (Å²) in [5.41, 5.74) is 0.292. The number of aromatic nitrogens is 3. The number of anilines is 2. The molecular weight excluding hydrogens is 547 g/mol. The van der Waals surface area contributed by atoms with Gasteiger partial charge in [-0.3, -0.25) is 9.10 Å². The summed E-state index contributed by atoms with van der Waals surface area (Å²) in [6.07, 6.45) is -1.43. The number of halogens is 3. The fourth-order valence-corrected chi connectivity index (χ4v) is 6.58. The number of sulfonamides is 1. The number of fused-ring (bicyclic) bond motifs is 1. The third kappa shape index (κ3) is 4.63. The second-order valence-corrected chi connectivity index (χ2v) is 12.2. The Labute approximate surface area is 228 Å². The van der Waals surface area contributed by atoms with Gasteiger partial charge >= 0.3 is 6.18 Å². The van der Waals surface area contributed by atoms with E-state index in [9.17, 15) is 26.4 Å². The van der Waals surface area contributed by atoms with Crippen molar-refractivity contribution in [1.82, 2.24) is 14.5 Å². The van der Waals surface area contributed by atoms with E-state index in [0.717, 1.165) is 12.1 Å². The van der Waals surface area contributed by atoms with Gasteiger partial charge in [0, 0.05) is 31.9 Å². The van der Waals surface area contributed by atoms with E-state index in [1.54, 1.807) is 31.2 Å². The van der Waals surface area contributed by atoms with Crippen LogP contribution in [0.3, 0.4) is 0 Å². The zero-order valence-electron chi connectivity index (χ0n) is 21.9. The lowest BCUT2D eigenvalue weighted by atomic mass is 10.0. The maximum absolute atomic E-state index is 13.6. The van der Waals surface area contributed by atoms with E-state index in [4.69, 9.17) is 4.74 Å². The fourth-order valence-electron chi connectivity index (χ4n) is 4.72. The summed E-state index contributed by atoms with van der Waals surface area (Å²) in [6, 6.07) is 11.2. The highest BCUT2D eigenvalue weighted by Crippen LogP contribution is 2.38. The van der Waals surface area contributed by atoms with Gasteiger partial charge in [-0.25, -0.2) is 18.4 Å². The van der Waals surface area contributed by atoms with E-state index in [1.165, 1.54) is 47.7 Å². The standard InChI is InChI=1S/C27H26F3N5O4S/c1-26(12-13-35(40(26,37)38)19-8-10-20(39-3)11-9-19)15-32-24-22-23(33-16-34(2)25(22)36)21(14-31-24)17-4-6-18(7-5-17)27(28,29)30/h4-11,14,16H,12-13,15H2,1-3H3,(H,31,32). The quantitative estimate of drug-likeness (QED) is 0.364. The van der Waals surface area contributed by atoms with E-state index >= 15 is 0 Å². The number of hydrogen-bond donors (Lipinski definition) is 1. The average Bonchev–Trinajstić information content (AvgIpc) is 3.17. The molecule has 9 nitrogen and oxygen atoms in total. The predicted octanol–water partition coefficient (Wildman–Crippen LogP) is 4.43. The first-order valence-corrected chi connectivity index (χ1v) is 13.7. The van der Waals surface area contributed by atoms with Crippen molar-refractivity contribution in [3.63, 3.8) is 0 Å². The Hall–Kier alpha value is -4.13. The van der Waals surface area contributed by atoms with Crippen LogP contribution in [-0.2, 0) is 23.2 Å². The molecule has 5 rings (SSSR count). The molecule has 0 aliphatic carbocycles. The molecule has 1 fully saturated rings. The van der Waals surface area contributed by atoms with Gasteiger partial charge in [0.05, 0.1) is 30.2 Å². The molecule has 210 valence electrons. The van der Waals surface area contributed by atoms with E-state index in [0.29, 0.717) is 29.0 Å². The molecule has 0 radical (unpaired) electrons. The minimum atomic E-state index is -4.49. The maximum Gasteiger partial charge on any atom is 0.416 e. The van der Waals surface area contributed by atoms with Crippen molar-refractivity contribution >= 4 is 32.4 Å². The smallest absolute Gasteiger partial charge is 0.416 e. The van der Waals surface area contributed by atoms with Crippen molar-refractivity contribution in [3.05, 3.63) is 77.0 Å². The van der Waals surface area contributed by atoms with Crippen LogP contribution in [0.25, 0.3) is 22.0 Å². The third-order valence-corrected chi connectivity index (χ3v) is 9.78. The summed E-state index contributed by atoms with van der Waals surface area (Å²) in [4.78, 5) is 21.9. The van der Waals surface area contributed by atoms with Crippen LogP contribution in [0.5, 0.6) is 5.75 Å². The van der Waals surface area contributed by atoms with E-state index in [-0.39, 0.29) is 29.8 Å². The molecule has 1 atom stereocenters. The highest BCUT2D eigenvalue weighted by Gasteiger charge is 2.49. The lowest BCUT2D eigenvalue weighted by Crippen LogP contribution is -2.42. The summed E-state index contributed by atoms with van der Waals surface area (Å²) >= 11 is 0. The topological polar surface area (TPSA) is 106 Å². The number of rotatable bonds is 6. The Morgan fingerprint density at radius 3 is 2.38 bits per heavy atom. The third-order valence-electron chi connectivity index (χ3n) is 7.22. The van der Waals surface area contributed by atoms with Crippen LogP contribution < -0.4 is 19.9 Å². The normalized spacial score (nSPS) is 18.7. The van der Waals surface area contributed by atoms with Crippen molar-refractivity contribution in [3.8, 4) is 16.9 Å². The molecule has 0 bridgehead atoms. The highest BCUT2D eigenvalue weighted by molar-refractivity contribution is 7.94. The van der Waals surface area contributed by atoms with Gasteiger partial charge in [-0.2, -0.15) is 13.2 Å².